The van der Waals surface area contributed by atoms with E-state index in [2.05, 4.69) is 16.3 Å². The molecule has 3 N–H and O–H groups in total. The van der Waals surface area contributed by atoms with Crippen LogP contribution in [0.1, 0.15) is 60.6 Å². The van der Waals surface area contributed by atoms with E-state index in [0.29, 0.717) is 16.1 Å². The average Bonchev–Trinajstić information content (AvgIpc) is 3.15. The fraction of sp³-hybridized carbons (Fsp3) is 0.520. The lowest BCUT2D eigenvalue weighted by molar-refractivity contribution is -0.115. The highest BCUT2D eigenvalue weighted by atomic mass is 32.2. The molecule has 2 heterocycles. The molecule has 1 aliphatic heterocycles. The standard InChI is InChI=1S/C25H32N4O4S2/c1-2-33-21-12-18(8-9-23(21)35(27,31)32)13-24(30)28-25-19(14-26)20-16-29(11-10-22(20)34-25)15-17-6-4-3-5-7-17/h8-9,12,17H,2-7,10-11,13,15-16H2,1H3,(H,28,30)(H2,27,31,32). The molecule has 0 saturated heterocycles. The maximum absolute atomic E-state index is 12.8. The number of ether oxygens (including phenoxy) is 1. The number of carbonyl (C=O) groups is 1. The first-order chi connectivity index (χ1) is 16.8. The number of fused-ring (bicyclic) bond motifs is 1. The summed E-state index contributed by atoms with van der Waals surface area (Å²) in [5, 5.41) is 18.6. The molecule has 0 spiro atoms. The van der Waals surface area contributed by atoms with E-state index < -0.39 is 10.0 Å². The largest absolute Gasteiger partial charge is 0.492 e. The van der Waals surface area contributed by atoms with Gasteiger partial charge in [0.2, 0.25) is 15.9 Å². The van der Waals surface area contributed by atoms with E-state index >= 15 is 0 Å². The highest BCUT2D eigenvalue weighted by Gasteiger charge is 2.27. The number of hydrogen-bond donors (Lipinski definition) is 2. The molecule has 0 unspecified atom stereocenters. The maximum atomic E-state index is 12.8. The van der Waals surface area contributed by atoms with Crippen molar-refractivity contribution in [2.24, 2.45) is 11.1 Å². The normalized spacial score (nSPS) is 16.9. The Morgan fingerprint density at radius 3 is 2.77 bits per heavy atom. The molecule has 4 rings (SSSR count). The van der Waals surface area contributed by atoms with Crippen molar-refractivity contribution >= 4 is 32.3 Å². The van der Waals surface area contributed by atoms with Gasteiger partial charge in [0.15, 0.2) is 0 Å². The molecule has 0 bridgehead atoms. The minimum Gasteiger partial charge on any atom is -0.492 e. The van der Waals surface area contributed by atoms with Crippen LogP contribution in [0, 0.1) is 17.2 Å². The molecule has 1 amide bonds. The Labute approximate surface area is 211 Å². The number of nitrogens with one attached hydrogen (secondary N) is 1. The van der Waals surface area contributed by atoms with Crippen LogP contribution >= 0.6 is 11.3 Å². The van der Waals surface area contributed by atoms with E-state index in [1.165, 1.54) is 60.5 Å². The molecule has 10 heteroatoms. The highest BCUT2D eigenvalue weighted by Crippen LogP contribution is 2.37. The number of nitrogens with two attached hydrogens (primary N) is 1. The number of nitrogens with zero attached hydrogens (tertiary/aromatic N) is 2. The minimum absolute atomic E-state index is 0.0201. The summed E-state index contributed by atoms with van der Waals surface area (Å²) in [7, 11) is -3.94. The van der Waals surface area contributed by atoms with Crippen molar-refractivity contribution in [2.75, 3.05) is 25.0 Å². The van der Waals surface area contributed by atoms with Crippen LogP contribution < -0.4 is 15.2 Å². The molecular weight excluding hydrogens is 484 g/mol. The first-order valence-corrected chi connectivity index (χ1v) is 14.5. The number of rotatable bonds is 8. The molecule has 188 valence electrons. The number of amides is 1. The third-order valence-corrected chi connectivity index (χ3v) is 8.87. The van der Waals surface area contributed by atoms with Gasteiger partial charge in [-0.15, -0.1) is 11.3 Å². The van der Waals surface area contributed by atoms with Crippen LogP contribution in [0.2, 0.25) is 0 Å². The van der Waals surface area contributed by atoms with Gasteiger partial charge >= 0.3 is 0 Å². The van der Waals surface area contributed by atoms with Crippen molar-refractivity contribution in [3.8, 4) is 11.8 Å². The van der Waals surface area contributed by atoms with E-state index in [9.17, 15) is 18.5 Å². The minimum atomic E-state index is -3.94. The van der Waals surface area contributed by atoms with Gasteiger partial charge < -0.3 is 10.1 Å². The predicted molar refractivity (Wildman–Crippen MR) is 136 cm³/mol. The first-order valence-electron chi connectivity index (χ1n) is 12.1. The van der Waals surface area contributed by atoms with E-state index in [1.807, 2.05) is 0 Å². The summed E-state index contributed by atoms with van der Waals surface area (Å²) >= 11 is 1.49. The summed E-state index contributed by atoms with van der Waals surface area (Å²) in [5.41, 5.74) is 2.20. The molecule has 35 heavy (non-hydrogen) atoms. The topological polar surface area (TPSA) is 126 Å². The predicted octanol–water partition coefficient (Wildman–Crippen LogP) is 3.79. The number of benzene rings is 1. The van der Waals surface area contributed by atoms with Crippen LogP contribution in [0.4, 0.5) is 5.00 Å². The van der Waals surface area contributed by atoms with E-state index in [-0.39, 0.29) is 29.6 Å². The molecule has 8 nitrogen and oxygen atoms in total. The van der Waals surface area contributed by atoms with Crippen LogP contribution in [0.15, 0.2) is 23.1 Å². The summed E-state index contributed by atoms with van der Waals surface area (Å²) < 4.78 is 29.0. The molecule has 1 fully saturated rings. The Morgan fingerprint density at radius 1 is 1.31 bits per heavy atom. The summed E-state index contributed by atoms with van der Waals surface area (Å²) in [6.07, 6.45) is 7.48. The van der Waals surface area contributed by atoms with Gasteiger partial charge in [-0.3, -0.25) is 9.69 Å². The Balaban J connectivity index is 1.45. The van der Waals surface area contributed by atoms with Crippen molar-refractivity contribution in [3.63, 3.8) is 0 Å². The highest BCUT2D eigenvalue weighted by molar-refractivity contribution is 7.89. The SMILES string of the molecule is CCOc1cc(CC(=O)Nc2sc3c(c2C#N)CN(CC2CCCCC2)CC3)ccc1S(N)(=O)=O. The second kappa shape index (κ2) is 11.1. The zero-order chi connectivity index (χ0) is 25.0. The van der Waals surface area contributed by atoms with Gasteiger partial charge in [0.25, 0.3) is 0 Å². The number of nitriles is 1. The van der Waals surface area contributed by atoms with Crippen LogP contribution in [0.5, 0.6) is 5.75 Å². The van der Waals surface area contributed by atoms with Crippen molar-refractivity contribution < 1.29 is 17.9 Å². The Kier molecular flexibility index (Phi) is 8.12. The molecule has 1 aliphatic carbocycles. The van der Waals surface area contributed by atoms with Crippen LogP contribution in [0.25, 0.3) is 0 Å². The van der Waals surface area contributed by atoms with Gasteiger partial charge in [-0.2, -0.15) is 5.26 Å². The quantitative estimate of drug-likeness (QED) is 0.550. The lowest BCUT2D eigenvalue weighted by Gasteiger charge is -2.32. The van der Waals surface area contributed by atoms with Gasteiger partial charge in [-0.1, -0.05) is 25.3 Å². The van der Waals surface area contributed by atoms with E-state index in [1.54, 1.807) is 13.0 Å². The fourth-order valence-corrected chi connectivity index (χ4v) is 6.88. The van der Waals surface area contributed by atoms with Gasteiger partial charge in [0.05, 0.1) is 18.6 Å². The van der Waals surface area contributed by atoms with Crippen LogP contribution in [-0.4, -0.2) is 38.9 Å². The number of sulfonamides is 1. The number of anilines is 1. The summed E-state index contributed by atoms with van der Waals surface area (Å²) in [6, 6.07) is 6.75. The van der Waals surface area contributed by atoms with Crippen LogP contribution in [-0.2, 0) is 34.2 Å². The zero-order valence-electron chi connectivity index (χ0n) is 20.0. The summed E-state index contributed by atoms with van der Waals surface area (Å²) in [6.45, 7) is 4.83. The molecule has 1 saturated carbocycles. The molecule has 0 atom stereocenters. The summed E-state index contributed by atoms with van der Waals surface area (Å²) in [5.74, 6) is 0.600. The lowest BCUT2D eigenvalue weighted by atomic mass is 9.88. The van der Waals surface area contributed by atoms with E-state index in [0.717, 1.165) is 37.5 Å². The smallest absolute Gasteiger partial charge is 0.241 e. The number of primary sulfonamides is 1. The monoisotopic (exact) mass is 516 g/mol. The zero-order valence-corrected chi connectivity index (χ0v) is 21.6. The molecule has 2 aromatic rings. The number of thiophene rings is 1. The Morgan fingerprint density at radius 2 is 2.09 bits per heavy atom. The third kappa shape index (κ3) is 6.22. The lowest BCUT2D eigenvalue weighted by Crippen LogP contribution is -2.34. The van der Waals surface area contributed by atoms with Crippen molar-refractivity contribution in [3.05, 3.63) is 39.8 Å². The number of carbonyl (C=O) groups excluding carboxylic acids is 1. The van der Waals surface area contributed by atoms with Crippen molar-refractivity contribution in [1.29, 1.82) is 5.26 Å². The second-order valence-electron chi connectivity index (χ2n) is 9.29. The van der Waals surface area contributed by atoms with Crippen LogP contribution in [0.3, 0.4) is 0 Å². The Bertz CT molecular complexity index is 1230. The molecule has 2 aliphatic rings. The maximum Gasteiger partial charge on any atom is 0.241 e. The van der Waals surface area contributed by atoms with Gasteiger partial charge in [0.1, 0.15) is 21.7 Å². The number of hydrogen-bond acceptors (Lipinski definition) is 7. The fourth-order valence-electron chi connectivity index (χ4n) is 5.06. The molecule has 0 radical (unpaired) electrons. The van der Waals surface area contributed by atoms with Gasteiger partial charge in [-0.05, 0) is 49.8 Å². The molecule has 1 aromatic heterocycles. The second-order valence-corrected chi connectivity index (χ2v) is 11.9. The molecule has 1 aromatic carbocycles. The third-order valence-electron chi connectivity index (χ3n) is 6.71. The Hall–Kier alpha value is -2.45. The van der Waals surface area contributed by atoms with Gasteiger partial charge in [0, 0.05) is 30.1 Å². The average molecular weight is 517 g/mol. The first kappa shape index (κ1) is 25.6. The summed E-state index contributed by atoms with van der Waals surface area (Å²) in [4.78, 5) is 16.4. The van der Waals surface area contributed by atoms with Crippen molar-refractivity contribution in [2.45, 2.75) is 63.3 Å². The van der Waals surface area contributed by atoms with Gasteiger partial charge in [-0.25, -0.2) is 13.6 Å². The van der Waals surface area contributed by atoms with E-state index in [4.69, 9.17) is 9.88 Å². The molecular formula is C25H32N4O4S2. The van der Waals surface area contributed by atoms with Crippen molar-refractivity contribution in [1.82, 2.24) is 4.90 Å².